The maximum absolute atomic E-state index is 13.5. The molecule has 2 N–H and O–H groups in total. The smallest absolute Gasteiger partial charge is 0.268 e. The maximum Gasteiger partial charge on any atom is 0.268 e. The number of hydrogen-bond donors (Lipinski definition) is 2. The molecule has 2 aliphatic rings. The number of benzene rings is 1. The summed E-state index contributed by atoms with van der Waals surface area (Å²) < 4.78 is 33.2. The predicted molar refractivity (Wildman–Crippen MR) is 137 cm³/mol. The van der Waals surface area contributed by atoms with E-state index in [9.17, 15) is 18.0 Å². The number of sulfonamides is 1. The van der Waals surface area contributed by atoms with Crippen LogP contribution in [0.5, 0.6) is 0 Å². The van der Waals surface area contributed by atoms with Crippen molar-refractivity contribution in [1.29, 1.82) is 0 Å². The second kappa shape index (κ2) is 10.4. The number of fused-ring (bicyclic) bond motifs is 2. The Morgan fingerprint density at radius 2 is 1.95 bits per heavy atom. The minimum atomic E-state index is -3.74. The molecular weight excluding hydrogens is 494 g/mol. The maximum atomic E-state index is 13.5. The van der Waals surface area contributed by atoms with Crippen LogP contribution in [-0.4, -0.2) is 48.0 Å². The molecule has 0 bridgehead atoms. The Morgan fingerprint density at radius 3 is 2.70 bits per heavy atom. The first-order valence-electron chi connectivity index (χ1n) is 12.6. The van der Waals surface area contributed by atoms with Crippen LogP contribution in [0.3, 0.4) is 0 Å². The lowest BCUT2D eigenvalue weighted by atomic mass is 9.84. The highest BCUT2D eigenvalue weighted by molar-refractivity contribution is 7.90. The van der Waals surface area contributed by atoms with Gasteiger partial charge in [0.2, 0.25) is 11.7 Å². The van der Waals surface area contributed by atoms with Crippen molar-refractivity contribution in [2.75, 3.05) is 0 Å². The number of ketones is 1. The third kappa shape index (κ3) is 5.27. The molecular formula is C26H29N5O5S. The van der Waals surface area contributed by atoms with Gasteiger partial charge < -0.3 is 9.73 Å². The normalized spacial score (nSPS) is 19.8. The lowest BCUT2D eigenvalue weighted by molar-refractivity contribution is -0.123. The van der Waals surface area contributed by atoms with Crippen LogP contribution in [0.4, 0.5) is 0 Å². The van der Waals surface area contributed by atoms with Crippen molar-refractivity contribution in [2.24, 2.45) is 10.9 Å². The van der Waals surface area contributed by atoms with Gasteiger partial charge in [-0.2, -0.15) is 4.98 Å². The number of aliphatic imine (C=N–C) groups is 1. The van der Waals surface area contributed by atoms with Crippen molar-refractivity contribution in [3.8, 4) is 0 Å². The fourth-order valence-electron chi connectivity index (χ4n) is 4.99. The average molecular weight is 524 g/mol. The molecule has 3 aromatic rings. The summed E-state index contributed by atoms with van der Waals surface area (Å²) in [5.41, 5.74) is 1.15. The number of nitrogens with one attached hydrogen (secondary N) is 2. The molecule has 10 nitrogen and oxygen atoms in total. The fraction of sp³-hybridized carbons (Fsp3) is 0.423. The standard InChI is InChI=1S/C26H29N5O5S/c1-2-18(22(32)26-30-24-20(36-26)12-8-14-27-24)29-25(33)19(15-16-9-4-3-5-10-16)28-23-17-11-6-7-13-21(17)37(34,35)31-23/h6-8,11-14,16,18-19H,2-5,9-10,15H2,1H3,(H,28,31)(H,29,33)/t18-,19-/m0/s1. The van der Waals surface area contributed by atoms with Crippen LogP contribution in [0.25, 0.3) is 11.2 Å². The Balaban J connectivity index is 1.41. The Hall–Kier alpha value is -3.60. The first-order valence-corrected chi connectivity index (χ1v) is 14.1. The molecule has 0 unspecified atom stereocenters. The zero-order chi connectivity index (χ0) is 26.0. The highest BCUT2D eigenvalue weighted by Crippen LogP contribution is 2.29. The minimum Gasteiger partial charge on any atom is -0.432 e. The highest BCUT2D eigenvalue weighted by Gasteiger charge is 2.34. The van der Waals surface area contributed by atoms with Gasteiger partial charge in [-0.3, -0.25) is 19.3 Å². The monoisotopic (exact) mass is 523 g/mol. The number of nitrogens with zero attached hydrogens (tertiary/aromatic N) is 3. The molecule has 1 fully saturated rings. The zero-order valence-corrected chi connectivity index (χ0v) is 21.3. The predicted octanol–water partition coefficient (Wildman–Crippen LogP) is 3.38. The van der Waals surface area contributed by atoms with Crippen LogP contribution in [0, 0.1) is 5.92 Å². The van der Waals surface area contributed by atoms with Crippen LogP contribution < -0.4 is 10.0 Å². The van der Waals surface area contributed by atoms with E-state index in [1.165, 1.54) is 12.5 Å². The molecule has 1 aliphatic carbocycles. The van der Waals surface area contributed by atoms with Crippen LogP contribution >= 0.6 is 0 Å². The summed E-state index contributed by atoms with van der Waals surface area (Å²) >= 11 is 0. The topological polar surface area (TPSA) is 144 Å². The largest absolute Gasteiger partial charge is 0.432 e. The number of Topliss-reactive ketones (excluding diaryl/α,β-unsaturated/α-hetero) is 1. The molecule has 0 saturated heterocycles. The number of oxazole rings is 1. The number of aromatic nitrogens is 2. The lowest BCUT2D eigenvalue weighted by Gasteiger charge is -2.25. The van der Waals surface area contributed by atoms with E-state index in [0.29, 0.717) is 35.6 Å². The van der Waals surface area contributed by atoms with Crippen molar-refractivity contribution in [1.82, 2.24) is 20.0 Å². The van der Waals surface area contributed by atoms with Crippen LogP contribution in [0.1, 0.15) is 68.1 Å². The molecule has 37 heavy (non-hydrogen) atoms. The van der Waals surface area contributed by atoms with Crippen LogP contribution in [0.2, 0.25) is 0 Å². The molecule has 1 aliphatic heterocycles. The molecule has 194 valence electrons. The Morgan fingerprint density at radius 1 is 1.16 bits per heavy atom. The number of rotatable bonds is 8. The molecule has 11 heteroatoms. The molecule has 1 amide bonds. The Labute approximate surface area is 215 Å². The highest BCUT2D eigenvalue weighted by atomic mass is 32.2. The second-order valence-corrected chi connectivity index (χ2v) is 11.2. The van der Waals surface area contributed by atoms with E-state index in [0.717, 1.165) is 25.7 Å². The van der Waals surface area contributed by atoms with E-state index in [1.807, 2.05) is 0 Å². The van der Waals surface area contributed by atoms with Gasteiger partial charge in [0.25, 0.3) is 15.9 Å². The molecule has 0 spiro atoms. The molecule has 2 aromatic heterocycles. The van der Waals surface area contributed by atoms with Crippen LogP contribution in [0.15, 0.2) is 56.9 Å². The number of amidine groups is 1. The Bertz CT molecular complexity index is 1430. The van der Waals surface area contributed by atoms with Gasteiger partial charge in [-0.25, -0.2) is 13.4 Å². The minimum absolute atomic E-state index is 0.117. The van der Waals surface area contributed by atoms with Gasteiger partial charge in [0.05, 0.1) is 10.9 Å². The summed E-state index contributed by atoms with van der Waals surface area (Å²) in [6.07, 6.45) is 7.67. The summed E-state index contributed by atoms with van der Waals surface area (Å²) in [6.45, 7) is 1.78. The first kappa shape index (κ1) is 25.1. The summed E-state index contributed by atoms with van der Waals surface area (Å²) in [6, 6.07) is 8.17. The summed E-state index contributed by atoms with van der Waals surface area (Å²) in [7, 11) is -3.74. The molecule has 5 rings (SSSR count). The van der Waals surface area contributed by atoms with Gasteiger partial charge in [-0.15, -0.1) is 0 Å². The number of amides is 1. The first-order chi connectivity index (χ1) is 17.9. The van der Waals surface area contributed by atoms with Gasteiger partial charge in [0, 0.05) is 11.8 Å². The van der Waals surface area contributed by atoms with Crippen molar-refractivity contribution in [3.05, 3.63) is 54.0 Å². The van der Waals surface area contributed by atoms with Gasteiger partial charge in [-0.1, -0.05) is 51.2 Å². The molecule has 3 heterocycles. The summed E-state index contributed by atoms with van der Waals surface area (Å²) in [5, 5.41) is 2.82. The van der Waals surface area contributed by atoms with Gasteiger partial charge in [-0.05, 0) is 43.0 Å². The van der Waals surface area contributed by atoms with E-state index >= 15 is 0 Å². The fourth-order valence-corrected chi connectivity index (χ4v) is 6.23. The number of carbonyl (C=O) groups excluding carboxylic acids is 2. The van der Waals surface area contributed by atoms with Crippen molar-refractivity contribution in [2.45, 2.75) is 68.8 Å². The number of pyridine rings is 1. The third-order valence-electron chi connectivity index (χ3n) is 6.95. The van der Waals surface area contributed by atoms with Crippen LogP contribution in [-0.2, 0) is 14.8 Å². The quantitative estimate of drug-likeness (QED) is 0.431. The van der Waals surface area contributed by atoms with Gasteiger partial charge >= 0.3 is 0 Å². The molecule has 1 aromatic carbocycles. The number of hydrogen-bond acceptors (Lipinski definition) is 8. The van der Waals surface area contributed by atoms with Crippen molar-refractivity contribution < 1.29 is 22.4 Å². The molecule has 1 saturated carbocycles. The SMILES string of the molecule is CC[C@H](NC(=O)[C@H](CC1CCCCC1)N=C1NS(=O)(=O)c2ccccc21)C(=O)c1nc2ncccc2o1. The summed E-state index contributed by atoms with van der Waals surface area (Å²) in [4.78, 5) is 39.7. The van der Waals surface area contributed by atoms with E-state index in [2.05, 4.69) is 25.0 Å². The van der Waals surface area contributed by atoms with E-state index in [1.54, 1.807) is 43.5 Å². The van der Waals surface area contributed by atoms with Gasteiger partial charge in [0.15, 0.2) is 11.2 Å². The second-order valence-electron chi connectivity index (χ2n) is 9.51. The average Bonchev–Trinajstić information content (AvgIpc) is 3.45. The van der Waals surface area contributed by atoms with E-state index < -0.39 is 33.8 Å². The molecule has 2 atom stereocenters. The number of carbonyl (C=O) groups is 2. The Kier molecular flexibility index (Phi) is 7.05. The van der Waals surface area contributed by atoms with E-state index in [-0.39, 0.29) is 16.6 Å². The lowest BCUT2D eigenvalue weighted by Crippen LogP contribution is -2.46. The van der Waals surface area contributed by atoms with E-state index in [4.69, 9.17) is 4.42 Å². The van der Waals surface area contributed by atoms with Crippen molar-refractivity contribution >= 4 is 38.8 Å². The third-order valence-corrected chi connectivity index (χ3v) is 8.35. The van der Waals surface area contributed by atoms with Crippen molar-refractivity contribution in [3.63, 3.8) is 0 Å². The van der Waals surface area contributed by atoms with Gasteiger partial charge in [0.1, 0.15) is 11.9 Å². The summed E-state index contributed by atoms with van der Waals surface area (Å²) in [5.74, 6) is -0.564. The molecule has 0 radical (unpaired) electrons. The zero-order valence-electron chi connectivity index (χ0n) is 20.5.